The maximum atomic E-state index is 12.1. The van der Waals surface area contributed by atoms with E-state index in [1.807, 2.05) is 0 Å². The molecule has 2 N–H and O–H groups in total. The maximum absolute atomic E-state index is 12.1. The Bertz CT molecular complexity index is 823. The van der Waals surface area contributed by atoms with Crippen LogP contribution in [0.5, 0.6) is 0 Å². The fourth-order valence-electron chi connectivity index (χ4n) is 1.79. The van der Waals surface area contributed by atoms with E-state index in [1.165, 1.54) is 12.1 Å². The zero-order valence-electron chi connectivity index (χ0n) is 11.7. The Balaban J connectivity index is 2.24. The Morgan fingerprint density at radius 1 is 1.00 bits per heavy atom. The van der Waals surface area contributed by atoms with E-state index in [-0.39, 0.29) is 21.3 Å². The van der Waals surface area contributed by atoms with Crippen LogP contribution >= 0.6 is 23.2 Å². The number of halogens is 2. The van der Waals surface area contributed by atoms with Gasteiger partial charge in [0.1, 0.15) is 5.69 Å². The number of carbonyl (C=O) groups is 1. The molecule has 0 saturated carbocycles. The molecule has 1 amide bonds. The molecule has 11 heteroatoms. The van der Waals surface area contributed by atoms with Gasteiger partial charge >= 0.3 is 5.69 Å². The van der Waals surface area contributed by atoms with Crippen molar-refractivity contribution in [3.05, 3.63) is 72.2 Å². The molecule has 9 nitrogen and oxygen atoms in total. The first kappa shape index (κ1) is 17.4. The third-order valence-electron chi connectivity index (χ3n) is 2.89. The number of carbonyl (C=O) groups excluding carboxylic acids is 1. The summed E-state index contributed by atoms with van der Waals surface area (Å²) in [5.41, 5.74) is 3.36. The van der Waals surface area contributed by atoms with Gasteiger partial charge in [-0.1, -0.05) is 29.3 Å². The van der Waals surface area contributed by atoms with Crippen LogP contribution in [0.15, 0.2) is 36.4 Å². The van der Waals surface area contributed by atoms with E-state index < -0.39 is 27.1 Å². The molecule has 0 aliphatic heterocycles. The molecule has 0 bridgehead atoms. The topological polar surface area (TPSA) is 127 Å². The summed E-state index contributed by atoms with van der Waals surface area (Å²) in [5, 5.41) is 21.9. The number of hydrogen-bond donors (Lipinski definition) is 2. The summed E-state index contributed by atoms with van der Waals surface area (Å²) >= 11 is 11.8. The predicted octanol–water partition coefficient (Wildman–Crippen LogP) is 3.57. The number of hydrazine groups is 1. The van der Waals surface area contributed by atoms with Crippen LogP contribution in [0.1, 0.15) is 10.4 Å². The lowest BCUT2D eigenvalue weighted by Crippen LogP contribution is -2.30. The minimum absolute atomic E-state index is 0.0158. The largest absolute Gasteiger partial charge is 0.300 e. The van der Waals surface area contributed by atoms with Crippen LogP contribution in [0.3, 0.4) is 0 Å². The number of amides is 1. The van der Waals surface area contributed by atoms with Crippen molar-refractivity contribution in [2.24, 2.45) is 0 Å². The molecule has 0 fully saturated rings. The Hall–Kier alpha value is -2.91. The number of non-ortho nitro benzene ring substituents is 1. The molecule has 0 atom stereocenters. The molecule has 2 aromatic rings. The Morgan fingerprint density at radius 2 is 1.62 bits per heavy atom. The van der Waals surface area contributed by atoms with Gasteiger partial charge in [0.15, 0.2) is 0 Å². The molecule has 0 heterocycles. The van der Waals surface area contributed by atoms with Crippen molar-refractivity contribution in [2.45, 2.75) is 0 Å². The first-order valence-corrected chi connectivity index (χ1v) is 7.00. The van der Waals surface area contributed by atoms with Crippen LogP contribution < -0.4 is 10.9 Å². The van der Waals surface area contributed by atoms with Gasteiger partial charge < -0.3 is 0 Å². The monoisotopic (exact) mass is 370 g/mol. The molecule has 0 unspecified atom stereocenters. The van der Waals surface area contributed by atoms with E-state index in [0.29, 0.717) is 0 Å². The Kier molecular flexibility index (Phi) is 5.17. The second kappa shape index (κ2) is 7.11. The molecule has 0 aliphatic rings. The Morgan fingerprint density at radius 3 is 2.17 bits per heavy atom. The maximum Gasteiger partial charge on any atom is 0.300 e. The standard InChI is InChI=1S/C13H8Cl2N4O5/c14-8-2-1-3-9(15)12(8)13(20)17-16-10-5-4-7(18(21)22)6-11(10)19(23)24/h1-6,16H,(H,17,20). The van der Waals surface area contributed by atoms with Crippen LogP contribution in [-0.2, 0) is 0 Å². The summed E-state index contributed by atoms with van der Waals surface area (Å²) in [6, 6.07) is 7.40. The zero-order chi connectivity index (χ0) is 17.9. The highest BCUT2D eigenvalue weighted by molar-refractivity contribution is 6.39. The van der Waals surface area contributed by atoms with E-state index in [1.54, 1.807) is 6.07 Å². The minimum atomic E-state index is -0.816. The van der Waals surface area contributed by atoms with Crippen molar-refractivity contribution in [2.75, 3.05) is 5.43 Å². The molecular weight excluding hydrogens is 363 g/mol. The van der Waals surface area contributed by atoms with E-state index in [0.717, 1.165) is 18.2 Å². The quantitative estimate of drug-likeness (QED) is 0.611. The van der Waals surface area contributed by atoms with Crippen molar-refractivity contribution >= 4 is 46.2 Å². The lowest BCUT2D eigenvalue weighted by atomic mass is 10.2. The van der Waals surface area contributed by atoms with Gasteiger partial charge in [-0.25, -0.2) is 0 Å². The molecule has 0 spiro atoms. The van der Waals surface area contributed by atoms with Crippen molar-refractivity contribution in [3.63, 3.8) is 0 Å². The minimum Gasteiger partial charge on any atom is -0.292 e. The van der Waals surface area contributed by atoms with E-state index in [4.69, 9.17) is 23.2 Å². The molecular formula is C13H8Cl2N4O5. The molecule has 0 saturated heterocycles. The fourth-order valence-corrected chi connectivity index (χ4v) is 2.36. The van der Waals surface area contributed by atoms with Gasteiger partial charge in [-0.15, -0.1) is 0 Å². The average Bonchev–Trinajstić information content (AvgIpc) is 2.52. The number of rotatable bonds is 5. The number of nitrogens with zero attached hydrogens (tertiary/aromatic N) is 2. The predicted molar refractivity (Wildman–Crippen MR) is 87.3 cm³/mol. The molecule has 0 aromatic heterocycles. The number of nitro benzene ring substituents is 2. The lowest BCUT2D eigenvalue weighted by Gasteiger charge is -2.10. The summed E-state index contributed by atoms with van der Waals surface area (Å²) in [6.45, 7) is 0. The summed E-state index contributed by atoms with van der Waals surface area (Å²) in [7, 11) is 0. The molecule has 0 radical (unpaired) electrons. The SMILES string of the molecule is O=C(NNc1ccc([N+](=O)[O-])cc1[N+](=O)[O-])c1c(Cl)cccc1Cl. The third-order valence-corrected chi connectivity index (χ3v) is 3.52. The molecule has 24 heavy (non-hydrogen) atoms. The number of anilines is 1. The van der Waals surface area contributed by atoms with Crippen molar-refractivity contribution in [1.82, 2.24) is 5.43 Å². The number of hydrogen-bond acceptors (Lipinski definition) is 6. The lowest BCUT2D eigenvalue weighted by molar-refractivity contribution is -0.393. The highest BCUT2D eigenvalue weighted by Crippen LogP contribution is 2.29. The first-order chi connectivity index (χ1) is 11.3. The van der Waals surface area contributed by atoms with Gasteiger partial charge in [0.2, 0.25) is 0 Å². The van der Waals surface area contributed by atoms with Gasteiger partial charge in [0.25, 0.3) is 11.6 Å². The normalized spacial score (nSPS) is 10.1. The second-order valence-electron chi connectivity index (χ2n) is 4.39. The second-order valence-corrected chi connectivity index (χ2v) is 5.21. The number of nitro groups is 2. The smallest absolute Gasteiger partial charge is 0.292 e. The number of benzene rings is 2. The molecule has 124 valence electrons. The summed E-state index contributed by atoms with van der Waals surface area (Å²) < 4.78 is 0. The van der Waals surface area contributed by atoms with Gasteiger partial charge in [-0.05, 0) is 18.2 Å². The van der Waals surface area contributed by atoms with Crippen molar-refractivity contribution in [3.8, 4) is 0 Å². The summed E-state index contributed by atoms with van der Waals surface area (Å²) in [6.07, 6.45) is 0. The van der Waals surface area contributed by atoms with Crippen LogP contribution in [-0.4, -0.2) is 15.8 Å². The zero-order valence-corrected chi connectivity index (χ0v) is 13.2. The summed E-state index contributed by atoms with van der Waals surface area (Å²) in [5.74, 6) is -0.724. The summed E-state index contributed by atoms with van der Waals surface area (Å²) in [4.78, 5) is 32.2. The van der Waals surface area contributed by atoms with Gasteiger partial charge in [0, 0.05) is 6.07 Å². The van der Waals surface area contributed by atoms with Crippen molar-refractivity contribution < 1.29 is 14.6 Å². The van der Waals surface area contributed by atoms with Crippen molar-refractivity contribution in [1.29, 1.82) is 0 Å². The molecule has 2 aromatic carbocycles. The van der Waals surface area contributed by atoms with Gasteiger partial charge in [-0.2, -0.15) is 0 Å². The first-order valence-electron chi connectivity index (χ1n) is 6.24. The molecule has 0 aliphatic carbocycles. The third kappa shape index (κ3) is 3.70. The van der Waals surface area contributed by atoms with Crippen LogP contribution in [0.25, 0.3) is 0 Å². The van der Waals surface area contributed by atoms with Gasteiger partial charge in [-0.3, -0.25) is 35.9 Å². The van der Waals surface area contributed by atoms with Crippen LogP contribution in [0.4, 0.5) is 17.1 Å². The Labute approximate surface area is 144 Å². The van der Waals surface area contributed by atoms with E-state index in [2.05, 4.69) is 10.9 Å². The average molecular weight is 371 g/mol. The van der Waals surface area contributed by atoms with E-state index in [9.17, 15) is 25.0 Å². The van der Waals surface area contributed by atoms with E-state index >= 15 is 0 Å². The molecule has 2 rings (SSSR count). The highest BCUT2D eigenvalue weighted by atomic mass is 35.5. The highest BCUT2D eigenvalue weighted by Gasteiger charge is 2.21. The van der Waals surface area contributed by atoms with Crippen LogP contribution in [0, 0.1) is 20.2 Å². The fraction of sp³-hybridized carbons (Fsp3) is 0. The van der Waals surface area contributed by atoms with Gasteiger partial charge in [0.05, 0.1) is 31.5 Å². The van der Waals surface area contributed by atoms with Crippen LogP contribution in [0.2, 0.25) is 10.0 Å². The number of nitrogens with one attached hydrogen (secondary N) is 2.